The summed E-state index contributed by atoms with van der Waals surface area (Å²) in [5, 5.41) is 17.8. The molecule has 0 spiro atoms. The Hall–Kier alpha value is -2.12. The number of rotatable bonds is 4. The molecule has 2 aromatic rings. The lowest BCUT2D eigenvalue weighted by Crippen LogP contribution is -2.14. The van der Waals surface area contributed by atoms with E-state index in [1.54, 1.807) is 13.8 Å². The number of aryl methyl sites for hydroxylation is 1. The fraction of sp³-hybridized carbons (Fsp3) is 0.286. The number of hydrogen-bond acceptors (Lipinski definition) is 6. The van der Waals surface area contributed by atoms with Gasteiger partial charge >= 0.3 is 0 Å². The minimum absolute atomic E-state index is 0.129. The van der Waals surface area contributed by atoms with Crippen molar-refractivity contribution >= 4 is 28.3 Å². The molecule has 0 atom stereocenters. The molecule has 0 aliphatic carbocycles. The van der Waals surface area contributed by atoms with E-state index in [2.05, 4.69) is 14.7 Å². The monoisotopic (exact) mass is 306 g/mol. The van der Waals surface area contributed by atoms with Crippen molar-refractivity contribution in [1.29, 1.82) is 5.41 Å². The molecule has 7 heteroatoms. The number of nitrogens with zero attached hydrogens (tertiary/aromatic N) is 2. The third kappa shape index (κ3) is 5.41. The van der Waals surface area contributed by atoms with Crippen molar-refractivity contribution in [3.8, 4) is 0 Å². The van der Waals surface area contributed by atoms with Crippen molar-refractivity contribution in [3.05, 3.63) is 41.2 Å². The average molecular weight is 306 g/mol. The Kier molecular flexibility index (Phi) is 6.64. The number of anilines is 1. The number of amides is 1. The van der Waals surface area contributed by atoms with Gasteiger partial charge in [-0.15, -0.1) is 0 Å². The maximum Gasteiger partial charge on any atom is 0.230 e. The van der Waals surface area contributed by atoms with Crippen LogP contribution >= 0.6 is 11.5 Å². The van der Waals surface area contributed by atoms with Crippen LogP contribution in [0, 0.1) is 12.3 Å². The van der Waals surface area contributed by atoms with Crippen molar-refractivity contribution in [1.82, 2.24) is 9.36 Å². The van der Waals surface area contributed by atoms with Crippen LogP contribution < -0.4 is 5.32 Å². The van der Waals surface area contributed by atoms with Gasteiger partial charge in [-0.05, 0) is 31.0 Å². The van der Waals surface area contributed by atoms with Gasteiger partial charge in [-0.2, -0.15) is 4.37 Å². The third-order valence-electron chi connectivity index (χ3n) is 2.50. The number of aliphatic hydroxyl groups is 1. The Morgan fingerprint density at radius 1 is 1.43 bits per heavy atom. The molecule has 0 fully saturated rings. The minimum Gasteiger partial charge on any atom is -0.400 e. The zero-order valence-corrected chi connectivity index (χ0v) is 13.0. The molecule has 112 valence electrons. The second-order valence-electron chi connectivity index (χ2n) is 4.20. The molecular formula is C14H18N4O2S. The molecule has 1 aromatic carbocycles. The molecular weight excluding hydrogens is 288 g/mol. The highest BCUT2D eigenvalue weighted by Crippen LogP contribution is 2.12. The third-order valence-corrected chi connectivity index (χ3v) is 3.22. The normalized spacial score (nSPS) is 9.52. The van der Waals surface area contributed by atoms with Crippen LogP contribution in [-0.2, 0) is 11.2 Å². The fourth-order valence-electron chi connectivity index (χ4n) is 1.61. The molecule has 1 aromatic heterocycles. The van der Waals surface area contributed by atoms with E-state index in [0.717, 1.165) is 18.2 Å². The number of benzene rings is 1. The Labute approximate surface area is 127 Å². The number of aromatic nitrogens is 2. The lowest BCUT2D eigenvalue weighted by Gasteiger charge is -2.04. The zero-order valence-electron chi connectivity index (χ0n) is 12.2. The maximum atomic E-state index is 11.8. The molecule has 0 aliphatic heterocycles. The van der Waals surface area contributed by atoms with E-state index in [0.29, 0.717) is 16.7 Å². The van der Waals surface area contributed by atoms with E-state index in [4.69, 9.17) is 10.5 Å². The van der Waals surface area contributed by atoms with Gasteiger partial charge in [0, 0.05) is 24.4 Å². The van der Waals surface area contributed by atoms with Crippen molar-refractivity contribution in [2.75, 3.05) is 12.4 Å². The summed E-state index contributed by atoms with van der Waals surface area (Å²) in [5.74, 6) is 0.526. The summed E-state index contributed by atoms with van der Waals surface area (Å²) < 4.78 is 4.00. The first-order chi connectivity index (χ1) is 10.0. The van der Waals surface area contributed by atoms with E-state index < -0.39 is 0 Å². The number of nitrogens with one attached hydrogen (secondary N) is 2. The number of aliphatic hydroxyl groups excluding tert-OH is 1. The maximum absolute atomic E-state index is 11.8. The van der Waals surface area contributed by atoms with Gasteiger partial charge in [-0.1, -0.05) is 18.2 Å². The SMILES string of the molecule is CC(=N)c1cccc(CC(=O)Nc2nc(C)ns2)c1.CO. The van der Waals surface area contributed by atoms with Crippen LogP contribution in [0.5, 0.6) is 0 Å². The fourth-order valence-corrected chi connectivity index (χ4v) is 2.20. The van der Waals surface area contributed by atoms with Crippen LogP contribution in [0.3, 0.4) is 0 Å². The molecule has 21 heavy (non-hydrogen) atoms. The highest BCUT2D eigenvalue weighted by molar-refractivity contribution is 7.09. The van der Waals surface area contributed by atoms with E-state index in [1.165, 1.54) is 11.5 Å². The topological polar surface area (TPSA) is 99.0 Å². The van der Waals surface area contributed by atoms with Gasteiger partial charge in [0.25, 0.3) is 0 Å². The van der Waals surface area contributed by atoms with Gasteiger partial charge < -0.3 is 15.8 Å². The van der Waals surface area contributed by atoms with Gasteiger partial charge in [0.15, 0.2) is 0 Å². The van der Waals surface area contributed by atoms with E-state index in [-0.39, 0.29) is 12.3 Å². The number of hydrogen-bond donors (Lipinski definition) is 3. The predicted octanol–water partition coefficient (Wildman–Crippen LogP) is 2.02. The van der Waals surface area contributed by atoms with Crippen molar-refractivity contribution < 1.29 is 9.90 Å². The molecule has 6 nitrogen and oxygen atoms in total. The summed E-state index contributed by atoms with van der Waals surface area (Å²) >= 11 is 1.17. The molecule has 2 rings (SSSR count). The van der Waals surface area contributed by atoms with E-state index >= 15 is 0 Å². The molecule has 0 radical (unpaired) electrons. The first-order valence-corrected chi connectivity index (χ1v) is 7.01. The quantitative estimate of drug-likeness (QED) is 0.752. The Bertz CT molecular complexity index is 625. The first kappa shape index (κ1) is 16.9. The van der Waals surface area contributed by atoms with Gasteiger partial charge in [-0.3, -0.25) is 4.79 Å². The lowest BCUT2D eigenvalue weighted by atomic mass is 10.1. The summed E-state index contributed by atoms with van der Waals surface area (Å²) in [6, 6.07) is 7.44. The Balaban J connectivity index is 0.00000106. The van der Waals surface area contributed by atoms with Crippen LogP contribution in [-0.4, -0.2) is 33.2 Å². The summed E-state index contributed by atoms with van der Waals surface area (Å²) in [7, 11) is 1.00. The lowest BCUT2D eigenvalue weighted by molar-refractivity contribution is -0.115. The molecule has 0 saturated heterocycles. The second kappa shape index (κ2) is 8.23. The first-order valence-electron chi connectivity index (χ1n) is 6.24. The summed E-state index contributed by atoms with van der Waals surface area (Å²) in [4.78, 5) is 15.9. The van der Waals surface area contributed by atoms with E-state index in [1.807, 2.05) is 24.3 Å². The highest BCUT2D eigenvalue weighted by atomic mass is 32.1. The van der Waals surface area contributed by atoms with Crippen LogP contribution in [0.25, 0.3) is 0 Å². The summed E-state index contributed by atoms with van der Waals surface area (Å²) in [6.45, 7) is 3.51. The number of carbonyl (C=O) groups excluding carboxylic acids is 1. The predicted molar refractivity (Wildman–Crippen MR) is 84.1 cm³/mol. The minimum atomic E-state index is -0.129. The molecule has 1 amide bonds. The van der Waals surface area contributed by atoms with Crippen LogP contribution in [0.4, 0.5) is 5.13 Å². The van der Waals surface area contributed by atoms with Crippen molar-refractivity contribution in [2.24, 2.45) is 0 Å². The van der Waals surface area contributed by atoms with Crippen molar-refractivity contribution in [3.63, 3.8) is 0 Å². The molecule has 0 bridgehead atoms. The summed E-state index contributed by atoms with van der Waals surface area (Å²) in [5.41, 5.74) is 2.20. The Morgan fingerprint density at radius 3 is 2.71 bits per heavy atom. The molecule has 3 N–H and O–H groups in total. The smallest absolute Gasteiger partial charge is 0.230 e. The second-order valence-corrected chi connectivity index (χ2v) is 4.95. The largest absolute Gasteiger partial charge is 0.400 e. The highest BCUT2D eigenvalue weighted by Gasteiger charge is 2.08. The van der Waals surface area contributed by atoms with Gasteiger partial charge in [0.05, 0.1) is 6.42 Å². The van der Waals surface area contributed by atoms with Gasteiger partial charge in [0.2, 0.25) is 11.0 Å². The average Bonchev–Trinajstić information content (AvgIpc) is 2.86. The molecule has 0 unspecified atom stereocenters. The van der Waals surface area contributed by atoms with Crippen LogP contribution in [0.1, 0.15) is 23.9 Å². The van der Waals surface area contributed by atoms with Crippen molar-refractivity contribution in [2.45, 2.75) is 20.3 Å². The van der Waals surface area contributed by atoms with E-state index in [9.17, 15) is 4.79 Å². The van der Waals surface area contributed by atoms with Crippen LogP contribution in [0.15, 0.2) is 24.3 Å². The Morgan fingerprint density at radius 2 is 2.14 bits per heavy atom. The zero-order chi connectivity index (χ0) is 15.8. The van der Waals surface area contributed by atoms with Gasteiger partial charge in [0.1, 0.15) is 5.82 Å². The molecule has 0 aliphatic rings. The molecule has 1 heterocycles. The molecule has 0 saturated carbocycles. The standard InChI is InChI=1S/C13H14N4OS.CH4O/c1-8(14)11-5-3-4-10(6-11)7-12(18)16-13-15-9(2)17-19-13;1-2/h3-6,14H,7H2,1-2H3,(H,15,16,17,18);2H,1H3. The van der Waals surface area contributed by atoms with Crippen LogP contribution in [0.2, 0.25) is 0 Å². The number of carbonyl (C=O) groups is 1. The summed E-state index contributed by atoms with van der Waals surface area (Å²) in [6.07, 6.45) is 0.264. The van der Waals surface area contributed by atoms with Gasteiger partial charge in [-0.25, -0.2) is 4.98 Å².